The van der Waals surface area contributed by atoms with Crippen molar-refractivity contribution in [1.82, 2.24) is 0 Å². The molecular weight excluding hydrogens is 274 g/mol. The smallest absolute Gasteiger partial charge is 0.224 e. The Bertz CT molecular complexity index is 650. The van der Waals surface area contributed by atoms with Crippen LogP contribution in [-0.2, 0) is 11.2 Å². The summed E-state index contributed by atoms with van der Waals surface area (Å²) in [6.45, 7) is 6.70. The van der Waals surface area contributed by atoms with Gasteiger partial charge in [0.05, 0.1) is 6.61 Å². The van der Waals surface area contributed by atoms with Crippen LogP contribution in [0.25, 0.3) is 0 Å². The van der Waals surface area contributed by atoms with E-state index < -0.39 is 0 Å². The Labute approximate surface area is 132 Å². The third-order valence-electron chi connectivity index (χ3n) is 3.68. The van der Waals surface area contributed by atoms with E-state index in [0.29, 0.717) is 19.4 Å². The second kappa shape index (κ2) is 7.64. The minimum atomic E-state index is 0.0227. The van der Waals surface area contributed by atoms with Crippen molar-refractivity contribution in [2.45, 2.75) is 33.6 Å². The Hall–Kier alpha value is -2.29. The van der Waals surface area contributed by atoms with Crippen LogP contribution in [0, 0.1) is 13.8 Å². The average molecular weight is 297 g/mol. The van der Waals surface area contributed by atoms with Crippen molar-refractivity contribution >= 4 is 11.6 Å². The maximum absolute atomic E-state index is 12.1. The minimum absolute atomic E-state index is 0.0227. The Kier molecular flexibility index (Phi) is 5.59. The van der Waals surface area contributed by atoms with E-state index in [9.17, 15) is 4.79 Å². The summed E-state index contributed by atoms with van der Waals surface area (Å²) < 4.78 is 5.58. The zero-order valence-electron chi connectivity index (χ0n) is 13.5. The van der Waals surface area contributed by atoms with Gasteiger partial charge in [0.15, 0.2) is 0 Å². The molecule has 0 spiro atoms. The van der Waals surface area contributed by atoms with Gasteiger partial charge in [-0.3, -0.25) is 4.79 Å². The summed E-state index contributed by atoms with van der Waals surface area (Å²) in [6.07, 6.45) is 1.11. The summed E-state index contributed by atoms with van der Waals surface area (Å²) in [6, 6.07) is 13.8. The molecule has 0 radical (unpaired) electrons. The van der Waals surface area contributed by atoms with Gasteiger partial charge in [0.25, 0.3) is 0 Å². The number of benzene rings is 2. The van der Waals surface area contributed by atoms with Gasteiger partial charge in [-0.25, -0.2) is 0 Å². The summed E-state index contributed by atoms with van der Waals surface area (Å²) in [7, 11) is 0. The summed E-state index contributed by atoms with van der Waals surface area (Å²) in [5.74, 6) is 0.888. The zero-order valence-corrected chi connectivity index (χ0v) is 13.5. The van der Waals surface area contributed by atoms with Gasteiger partial charge in [0.1, 0.15) is 5.75 Å². The molecule has 0 heterocycles. The molecule has 3 nitrogen and oxygen atoms in total. The molecule has 0 unspecified atom stereocenters. The fourth-order valence-corrected chi connectivity index (χ4v) is 2.30. The Morgan fingerprint density at radius 3 is 2.59 bits per heavy atom. The molecule has 22 heavy (non-hydrogen) atoms. The van der Waals surface area contributed by atoms with Gasteiger partial charge < -0.3 is 10.1 Å². The van der Waals surface area contributed by atoms with Crippen LogP contribution >= 0.6 is 0 Å². The molecular formula is C19H23NO2. The van der Waals surface area contributed by atoms with E-state index in [4.69, 9.17) is 4.74 Å². The second-order valence-corrected chi connectivity index (χ2v) is 5.39. The van der Waals surface area contributed by atoms with E-state index >= 15 is 0 Å². The molecule has 0 bridgehead atoms. The van der Waals surface area contributed by atoms with Gasteiger partial charge in [-0.1, -0.05) is 24.3 Å². The van der Waals surface area contributed by atoms with Gasteiger partial charge in [-0.2, -0.15) is 0 Å². The predicted molar refractivity (Wildman–Crippen MR) is 90.5 cm³/mol. The van der Waals surface area contributed by atoms with Gasteiger partial charge in [-0.05, 0) is 62.1 Å². The highest BCUT2D eigenvalue weighted by Crippen LogP contribution is 2.20. The van der Waals surface area contributed by atoms with Gasteiger partial charge >= 0.3 is 0 Å². The van der Waals surface area contributed by atoms with Crippen molar-refractivity contribution in [2.75, 3.05) is 11.9 Å². The van der Waals surface area contributed by atoms with Crippen molar-refractivity contribution < 1.29 is 9.53 Å². The molecule has 0 fully saturated rings. The van der Waals surface area contributed by atoms with E-state index in [2.05, 4.69) is 12.2 Å². The third kappa shape index (κ3) is 4.35. The maximum Gasteiger partial charge on any atom is 0.224 e. The first kappa shape index (κ1) is 16.1. The molecule has 2 aromatic rings. The number of para-hydroxylation sites is 1. The number of carbonyl (C=O) groups is 1. The molecule has 0 aliphatic carbocycles. The summed E-state index contributed by atoms with van der Waals surface area (Å²) in [5, 5.41) is 2.95. The van der Waals surface area contributed by atoms with Crippen LogP contribution in [0.5, 0.6) is 5.75 Å². The van der Waals surface area contributed by atoms with E-state index in [1.165, 1.54) is 11.1 Å². The molecule has 0 aliphatic heterocycles. The van der Waals surface area contributed by atoms with Crippen molar-refractivity contribution in [3.8, 4) is 5.75 Å². The summed E-state index contributed by atoms with van der Waals surface area (Å²) in [5.41, 5.74) is 4.33. The monoisotopic (exact) mass is 297 g/mol. The highest BCUT2D eigenvalue weighted by Gasteiger charge is 2.07. The maximum atomic E-state index is 12.1. The zero-order chi connectivity index (χ0) is 15.9. The predicted octanol–water partition coefficient (Wildman–Crippen LogP) is 4.27. The summed E-state index contributed by atoms with van der Waals surface area (Å²) in [4.78, 5) is 12.1. The van der Waals surface area contributed by atoms with Crippen LogP contribution in [0.2, 0.25) is 0 Å². The highest BCUT2D eigenvalue weighted by atomic mass is 16.5. The normalized spacial score (nSPS) is 10.3. The molecule has 1 amide bonds. The molecule has 116 valence electrons. The molecule has 0 aromatic heterocycles. The van der Waals surface area contributed by atoms with Gasteiger partial charge in [0.2, 0.25) is 5.91 Å². The second-order valence-electron chi connectivity index (χ2n) is 5.39. The van der Waals surface area contributed by atoms with E-state index in [-0.39, 0.29) is 5.91 Å². The fourth-order valence-electron chi connectivity index (χ4n) is 2.30. The van der Waals surface area contributed by atoms with Crippen molar-refractivity contribution in [1.29, 1.82) is 0 Å². The van der Waals surface area contributed by atoms with Gasteiger partial charge in [0, 0.05) is 12.1 Å². The molecule has 0 atom stereocenters. The Balaban J connectivity index is 1.94. The van der Waals surface area contributed by atoms with E-state index in [0.717, 1.165) is 17.0 Å². The van der Waals surface area contributed by atoms with Crippen LogP contribution in [0.3, 0.4) is 0 Å². The molecule has 0 saturated heterocycles. The molecule has 1 N–H and O–H groups in total. The SMILES string of the molecule is CCOc1ccccc1CCC(=O)Nc1ccc(C)c(C)c1. The summed E-state index contributed by atoms with van der Waals surface area (Å²) >= 11 is 0. The largest absolute Gasteiger partial charge is 0.494 e. The number of ether oxygens (including phenoxy) is 1. The lowest BCUT2D eigenvalue weighted by Crippen LogP contribution is -2.12. The third-order valence-corrected chi connectivity index (χ3v) is 3.68. The van der Waals surface area contributed by atoms with Gasteiger partial charge in [-0.15, -0.1) is 0 Å². The Morgan fingerprint density at radius 1 is 1.09 bits per heavy atom. The number of aryl methyl sites for hydroxylation is 3. The van der Waals surface area contributed by atoms with Crippen LogP contribution < -0.4 is 10.1 Å². The average Bonchev–Trinajstić information content (AvgIpc) is 2.50. The van der Waals surface area contributed by atoms with E-state index in [1.807, 2.05) is 56.3 Å². The van der Waals surface area contributed by atoms with Crippen LogP contribution in [-0.4, -0.2) is 12.5 Å². The Morgan fingerprint density at radius 2 is 1.86 bits per heavy atom. The van der Waals surface area contributed by atoms with Crippen LogP contribution in [0.1, 0.15) is 30.0 Å². The van der Waals surface area contributed by atoms with Crippen LogP contribution in [0.4, 0.5) is 5.69 Å². The lowest BCUT2D eigenvalue weighted by atomic mass is 10.1. The van der Waals surface area contributed by atoms with Crippen molar-refractivity contribution in [2.24, 2.45) is 0 Å². The first-order chi connectivity index (χ1) is 10.6. The number of carbonyl (C=O) groups excluding carboxylic acids is 1. The van der Waals surface area contributed by atoms with Crippen molar-refractivity contribution in [3.05, 3.63) is 59.2 Å². The molecule has 2 aromatic carbocycles. The number of hydrogen-bond acceptors (Lipinski definition) is 2. The first-order valence-corrected chi connectivity index (χ1v) is 7.68. The number of amides is 1. The standard InChI is InChI=1S/C19H23NO2/c1-4-22-18-8-6-5-7-16(18)10-12-19(21)20-17-11-9-14(2)15(3)13-17/h5-9,11,13H,4,10,12H2,1-3H3,(H,20,21). The molecule has 0 aliphatic rings. The van der Waals surface area contributed by atoms with Crippen molar-refractivity contribution in [3.63, 3.8) is 0 Å². The number of rotatable bonds is 6. The number of nitrogens with one attached hydrogen (secondary N) is 1. The lowest BCUT2D eigenvalue weighted by molar-refractivity contribution is -0.116. The van der Waals surface area contributed by atoms with Crippen LogP contribution in [0.15, 0.2) is 42.5 Å². The molecule has 3 heteroatoms. The fraction of sp³-hybridized carbons (Fsp3) is 0.316. The lowest BCUT2D eigenvalue weighted by Gasteiger charge is -2.10. The topological polar surface area (TPSA) is 38.3 Å². The highest BCUT2D eigenvalue weighted by molar-refractivity contribution is 5.91. The number of anilines is 1. The first-order valence-electron chi connectivity index (χ1n) is 7.68. The van der Waals surface area contributed by atoms with E-state index in [1.54, 1.807) is 0 Å². The minimum Gasteiger partial charge on any atom is -0.494 e. The number of hydrogen-bond donors (Lipinski definition) is 1. The molecule has 2 rings (SSSR count). The quantitative estimate of drug-likeness (QED) is 0.864. The molecule has 0 saturated carbocycles.